The number of carboxylic acids is 1. The topological polar surface area (TPSA) is 66.4 Å². The van der Waals surface area contributed by atoms with Crippen molar-refractivity contribution >= 4 is 11.9 Å². The van der Waals surface area contributed by atoms with Crippen LogP contribution in [0.15, 0.2) is 18.2 Å². The van der Waals surface area contributed by atoms with Crippen LogP contribution in [0.25, 0.3) is 0 Å². The van der Waals surface area contributed by atoms with Crippen molar-refractivity contribution in [2.45, 2.75) is 39.7 Å². The molecule has 1 aromatic carbocycles. The third-order valence-electron chi connectivity index (χ3n) is 3.86. The van der Waals surface area contributed by atoms with Crippen molar-refractivity contribution in [3.05, 3.63) is 34.9 Å². The molecule has 2 N–H and O–H groups in total. The van der Waals surface area contributed by atoms with Gasteiger partial charge in [-0.1, -0.05) is 23.8 Å². The Kier molecular flexibility index (Phi) is 4.12. The van der Waals surface area contributed by atoms with Gasteiger partial charge in [-0.05, 0) is 44.7 Å². The molecule has 20 heavy (non-hydrogen) atoms. The number of carbonyl (C=O) groups excluding carboxylic acids is 1. The smallest absolute Gasteiger partial charge is 0.307 e. The number of amides is 1. The predicted octanol–water partition coefficient (Wildman–Crippen LogP) is 2.07. The number of benzene rings is 1. The summed E-state index contributed by atoms with van der Waals surface area (Å²) in [6.07, 6.45) is 1.24. The molecule has 0 aliphatic heterocycles. The molecule has 0 radical (unpaired) electrons. The Balaban J connectivity index is 1.88. The van der Waals surface area contributed by atoms with Crippen LogP contribution in [0.3, 0.4) is 0 Å². The minimum Gasteiger partial charge on any atom is -0.481 e. The fourth-order valence-electron chi connectivity index (χ4n) is 2.56. The Morgan fingerprint density at radius 2 is 2.05 bits per heavy atom. The summed E-state index contributed by atoms with van der Waals surface area (Å²) in [5.74, 6) is -1.82. The second kappa shape index (κ2) is 5.65. The maximum absolute atomic E-state index is 11.9. The van der Waals surface area contributed by atoms with Crippen molar-refractivity contribution in [2.75, 3.05) is 0 Å². The molecule has 0 bridgehead atoms. The Labute approximate surface area is 119 Å². The van der Waals surface area contributed by atoms with Crippen molar-refractivity contribution in [3.8, 4) is 0 Å². The van der Waals surface area contributed by atoms with Gasteiger partial charge in [0.05, 0.1) is 11.8 Å². The van der Waals surface area contributed by atoms with E-state index in [1.54, 1.807) is 0 Å². The van der Waals surface area contributed by atoms with Gasteiger partial charge in [0.25, 0.3) is 0 Å². The molecule has 1 aliphatic carbocycles. The SMILES string of the molecule is Cc1ccc(CC(C)NC(=O)C2CC2C(=O)O)c(C)c1. The van der Waals surface area contributed by atoms with Gasteiger partial charge in [-0.3, -0.25) is 9.59 Å². The van der Waals surface area contributed by atoms with Crippen LogP contribution in [0, 0.1) is 25.7 Å². The van der Waals surface area contributed by atoms with Gasteiger partial charge < -0.3 is 10.4 Å². The summed E-state index contributed by atoms with van der Waals surface area (Å²) >= 11 is 0. The lowest BCUT2D eigenvalue weighted by Gasteiger charge is -2.15. The molecule has 1 saturated carbocycles. The predicted molar refractivity (Wildman–Crippen MR) is 76.5 cm³/mol. The molecule has 0 heterocycles. The maximum atomic E-state index is 11.9. The molecule has 0 saturated heterocycles. The Hall–Kier alpha value is -1.84. The van der Waals surface area contributed by atoms with Crippen LogP contribution in [0.1, 0.15) is 30.0 Å². The summed E-state index contributed by atoms with van der Waals surface area (Å²) in [6, 6.07) is 6.30. The number of carboxylic acid groups (broad SMARTS) is 1. The van der Waals surface area contributed by atoms with Crippen molar-refractivity contribution < 1.29 is 14.7 Å². The van der Waals surface area contributed by atoms with Crippen LogP contribution in [0.2, 0.25) is 0 Å². The molecule has 0 aromatic heterocycles. The summed E-state index contributed by atoms with van der Waals surface area (Å²) in [7, 11) is 0. The molecular weight excluding hydrogens is 254 g/mol. The second-order valence-electron chi connectivity index (χ2n) is 5.83. The molecule has 2 rings (SSSR count). The number of aliphatic carboxylic acids is 1. The first-order chi connectivity index (χ1) is 9.38. The molecule has 1 amide bonds. The zero-order chi connectivity index (χ0) is 14.9. The third-order valence-corrected chi connectivity index (χ3v) is 3.86. The first kappa shape index (κ1) is 14.6. The fraction of sp³-hybridized carbons (Fsp3) is 0.500. The van der Waals surface area contributed by atoms with Crippen LogP contribution < -0.4 is 5.32 Å². The zero-order valence-electron chi connectivity index (χ0n) is 12.1. The zero-order valence-corrected chi connectivity index (χ0v) is 12.1. The lowest BCUT2D eigenvalue weighted by Crippen LogP contribution is -2.36. The van der Waals surface area contributed by atoms with E-state index >= 15 is 0 Å². The number of nitrogens with one attached hydrogen (secondary N) is 1. The van der Waals surface area contributed by atoms with Gasteiger partial charge in [-0.25, -0.2) is 0 Å². The molecule has 1 fully saturated rings. The van der Waals surface area contributed by atoms with Crippen LogP contribution in [0.4, 0.5) is 0 Å². The van der Waals surface area contributed by atoms with E-state index in [2.05, 4.69) is 37.4 Å². The van der Waals surface area contributed by atoms with E-state index in [1.165, 1.54) is 16.7 Å². The van der Waals surface area contributed by atoms with E-state index in [-0.39, 0.29) is 17.9 Å². The van der Waals surface area contributed by atoms with Crippen molar-refractivity contribution in [1.82, 2.24) is 5.32 Å². The van der Waals surface area contributed by atoms with Crippen LogP contribution in [-0.4, -0.2) is 23.0 Å². The first-order valence-electron chi connectivity index (χ1n) is 6.97. The lowest BCUT2D eigenvalue weighted by molar-refractivity contribution is -0.140. The standard InChI is InChI=1S/C16H21NO3/c1-9-4-5-12(10(2)6-9)7-11(3)17-15(18)13-8-14(13)16(19)20/h4-6,11,13-14H,7-8H2,1-3H3,(H,17,18)(H,19,20). The molecule has 1 aromatic rings. The summed E-state index contributed by atoms with van der Waals surface area (Å²) in [4.78, 5) is 22.6. The first-order valence-corrected chi connectivity index (χ1v) is 6.97. The normalized spacial score (nSPS) is 22.1. The average Bonchev–Trinajstić information content (AvgIpc) is 3.13. The minimum absolute atomic E-state index is 0.0129. The van der Waals surface area contributed by atoms with Gasteiger partial charge in [0, 0.05) is 6.04 Å². The Bertz CT molecular complexity index is 539. The monoisotopic (exact) mass is 275 g/mol. The van der Waals surface area contributed by atoms with E-state index in [1.807, 2.05) is 6.92 Å². The molecule has 4 nitrogen and oxygen atoms in total. The molecule has 108 valence electrons. The second-order valence-corrected chi connectivity index (χ2v) is 5.83. The highest BCUT2D eigenvalue weighted by molar-refractivity contribution is 5.89. The summed E-state index contributed by atoms with van der Waals surface area (Å²) < 4.78 is 0. The van der Waals surface area contributed by atoms with Gasteiger partial charge in [0.1, 0.15) is 0 Å². The number of aryl methyl sites for hydroxylation is 2. The van der Waals surface area contributed by atoms with Gasteiger partial charge in [0.2, 0.25) is 5.91 Å². The molecule has 3 atom stereocenters. The van der Waals surface area contributed by atoms with Crippen LogP contribution >= 0.6 is 0 Å². The quantitative estimate of drug-likeness (QED) is 0.864. The van der Waals surface area contributed by atoms with Gasteiger partial charge in [-0.15, -0.1) is 0 Å². The summed E-state index contributed by atoms with van der Waals surface area (Å²) in [6.45, 7) is 6.08. The Morgan fingerprint density at radius 3 is 2.60 bits per heavy atom. The van der Waals surface area contributed by atoms with E-state index < -0.39 is 11.9 Å². The van der Waals surface area contributed by atoms with Crippen molar-refractivity contribution in [1.29, 1.82) is 0 Å². The number of carbonyl (C=O) groups is 2. The van der Waals surface area contributed by atoms with Crippen LogP contribution in [0.5, 0.6) is 0 Å². The molecule has 4 heteroatoms. The highest BCUT2D eigenvalue weighted by atomic mass is 16.4. The Morgan fingerprint density at radius 1 is 1.35 bits per heavy atom. The average molecular weight is 275 g/mol. The molecular formula is C16H21NO3. The third kappa shape index (κ3) is 3.38. The van der Waals surface area contributed by atoms with Gasteiger partial charge in [-0.2, -0.15) is 0 Å². The van der Waals surface area contributed by atoms with E-state index in [9.17, 15) is 9.59 Å². The van der Waals surface area contributed by atoms with E-state index in [4.69, 9.17) is 5.11 Å². The lowest BCUT2D eigenvalue weighted by atomic mass is 10.00. The van der Waals surface area contributed by atoms with Crippen molar-refractivity contribution in [2.24, 2.45) is 11.8 Å². The maximum Gasteiger partial charge on any atom is 0.307 e. The fourth-order valence-corrected chi connectivity index (χ4v) is 2.56. The number of hydrogen-bond acceptors (Lipinski definition) is 2. The largest absolute Gasteiger partial charge is 0.481 e. The van der Waals surface area contributed by atoms with Gasteiger partial charge >= 0.3 is 5.97 Å². The number of rotatable bonds is 5. The van der Waals surface area contributed by atoms with E-state index in [0.717, 1.165) is 6.42 Å². The molecule has 3 unspecified atom stereocenters. The van der Waals surface area contributed by atoms with E-state index in [0.29, 0.717) is 6.42 Å². The number of hydrogen-bond donors (Lipinski definition) is 2. The van der Waals surface area contributed by atoms with Crippen LogP contribution in [-0.2, 0) is 16.0 Å². The van der Waals surface area contributed by atoms with Crippen molar-refractivity contribution in [3.63, 3.8) is 0 Å². The summed E-state index contributed by atoms with van der Waals surface area (Å²) in [5, 5.41) is 11.7. The highest BCUT2D eigenvalue weighted by Gasteiger charge is 2.48. The summed E-state index contributed by atoms with van der Waals surface area (Å²) in [5.41, 5.74) is 3.67. The molecule has 1 aliphatic rings. The molecule has 0 spiro atoms. The minimum atomic E-state index is -0.868. The van der Waals surface area contributed by atoms with Gasteiger partial charge in [0.15, 0.2) is 0 Å². The highest BCUT2D eigenvalue weighted by Crippen LogP contribution is 2.38.